The van der Waals surface area contributed by atoms with Gasteiger partial charge in [-0.15, -0.1) is 0 Å². The number of nitrogens with zero attached hydrogens (tertiary/aromatic N) is 3. The van der Waals surface area contributed by atoms with Crippen LogP contribution in [-0.4, -0.2) is 70.6 Å². The minimum absolute atomic E-state index is 0.0310. The lowest BCUT2D eigenvalue weighted by Crippen LogP contribution is -2.50. The summed E-state index contributed by atoms with van der Waals surface area (Å²) in [5.74, 6) is 0.0167. The van der Waals surface area contributed by atoms with E-state index in [1.165, 1.54) is 0 Å². The number of aliphatic hydroxyl groups excluding tert-OH is 1. The Kier molecular flexibility index (Phi) is 7.00. The molecule has 0 radical (unpaired) electrons. The Hall–Kier alpha value is -1.67. The molecule has 8 heteroatoms. The number of hydrogen-bond donors (Lipinski definition) is 1. The van der Waals surface area contributed by atoms with E-state index in [0.717, 1.165) is 0 Å². The van der Waals surface area contributed by atoms with Gasteiger partial charge in [0.2, 0.25) is 11.8 Å². The van der Waals surface area contributed by atoms with Crippen LogP contribution in [0.5, 0.6) is 5.88 Å². The number of halogens is 1. The van der Waals surface area contributed by atoms with Gasteiger partial charge in [0.05, 0.1) is 19.2 Å². The minimum Gasteiger partial charge on any atom is -0.472 e. The number of ether oxygens (including phenoxy) is 1. The van der Waals surface area contributed by atoms with Crippen LogP contribution in [0.3, 0.4) is 0 Å². The van der Waals surface area contributed by atoms with Crippen LogP contribution in [-0.2, 0) is 4.79 Å². The van der Waals surface area contributed by atoms with Crippen LogP contribution in [0.4, 0.5) is 0 Å². The van der Waals surface area contributed by atoms with Crippen molar-refractivity contribution in [1.82, 2.24) is 14.8 Å². The summed E-state index contributed by atoms with van der Waals surface area (Å²) in [4.78, 5) is 32.5. The number of aromatic nitrogens is 1. The van der Waals surface area contributed by atoms with Crippen LogP contribution in [0.2, 0.25) is 0 Å². The molecule has 0 aromatic carbocycles. The first-order valence-corrected chi connectivity index (χ1v) is 9.55. The smallest absolute Gasteiger partial charge is 0.259 e. The summed E-state index contributed by atoms with van der Waals surface area (Å²) >= 11 is 3.34. The highest BCUT2D eigenvalue weighted by molar-refractivity contribution is 9.10. The van der Waals surface area contributed by atoms with Gasteiger partial charge in [-0.3, -0.25) is 9.59 Å². The molecule has 2 rings (SSSR count). The molecule has 0 spiro atoms. The molecule has 0 saturated heterocycles. The zero-order valence-corrected chi connectivity index (χ0v) is 17.2. The number of aliphatic hydroxyl groups is 1. The Morgan fingerprint density at radius 2 is 2.27 bits per heavy atom. The standard InChI is InChI=1S/C18H26BrN3O4/c1-5-16(24)21(4)9-15-11(2)8-22(12(3)10-23)18(25)14-6-13(19)7-20-17(14)26-15/h6-7,11-12,15,23H,5,8-10H2,1-4H3/t11-,12+,15+/m1/s1. The summed E-state index contributed by atoms with van der Waals surface area (Å²) in [6.45, 7) is 6.29. The number of carbonyl (C=O) groups is 2. The summed E-state index contributed by atoms with van der Waals surface area (Å²) in [6, 6.07) is 1.35. The molecule has 144 valence electrons. The topological polar surface area (TPSA) is 83.0 Å². The molecule has 1 aromatic rings. The summed E-state index contributed by atoms with van der Waals surface area (Å²) in [6.07, 6.45) is 1.69. The molecule has 0 bridgehead atoms. The van der Waals surface area contributed by atoms with Crippen molar-refractivity contribution in [1.29, 1.82) is 0 Å². The van der Waals surface area contributed by atoms with Gasteiger partial charge in [-0.1, -0.05) is 13.8 Å². The van der Waals surface area contributed by atoms with Crippen LogP contribution in [0, 0.1) is 5.92 Å². The fourth-order valence-electron chi connectivity index (χ4n) is 2.94. The van der Waals surface area contributed by atoms with Crippen LogP contribution < -0.4 is 4.74 Å². The van der Waals surface area contributed by atoms with Gasteiger partial charge in [-0.25, -0.2) is 4.98 Å². The third-order valence-corrected chi connectivity index (χ3v) is 5.10. The van der Waals surface area contributed by atoms with E-state index in [1.807, 2.05) is 13.8 Å². The monoisotopic (exact) mass is 427 g/mol. The molecule has 1 N–H and O–H groups in total. The number of likely N-dealkylation sites (N-methyl/N-ethyl adjacent to an activating group) is 1. The summed E-state index contributed by atoms with van der Waals surface area (Å²) in [5.41, 5.74) is 0.348. The van der Waals surface area contributed by atoms with Crippen molar-refractivity contribution in [3.8, 4) is 5.88 Å². The summed E-state index contributed by atoms with van der Waals surface area (Å²) < 4.78 is 6.74. The molecule has 3 atom stereocenters. The third kappa shape index (κ3) is 4.54. The van der Waals surface area contributed by atoms with Gasteiger partial charge in [0.1, 0.15) is 11.7 Å². The van der Waals surface area contributed by atoms with Crippen LogP contribution in [0.25, 0.3) is 0 Å². The number of carbonyl (C=O) groups excluding carboxylic acids is 2. The molecular weight excluding hydrogens is 402 g/mol. The van der Waals surface area contributed by atoms with Crippen molar-refractivity contribution < 1.29 is 19.4 Å². The molecule has 26 heavy (non-hydrogen) atoms. The highest BCUT2D eigenvalue weighted by Gasteiger charge is 2.34. The summed E-state index contributed by atoms with van der Waals surface area (Å²) in [5, 5.41) is 9.57. The Bertz CT molecular complexity index is 670. The molecule has 1 aliphatic rings. The molecular formula is C18H26BrN3O4. The molecule has 2 heterocycles. The highest BCUT2D eigenvalue weighted by Crippen LogP contribution is 2.28. The first-order chi connectivity index (χ1) is 12.3. The predicted octanol–water partition coefficient (Wildman–Crippen LogP) is 1.93. The predicted molar refractivity (Wildman–Crippen MR) is 101 cm³/mol. The molecule has 0 unspecified atom stereocenters. The Morgan fingerprint density at radius 1 is 1.58 bits per heavy atom. The average molecular weight is 428 g/mol. The number of rotatable bonds is 5. The Morgan fingerprint density at radius 3 is 2.88 bits per heavy atom. The van der Waals surface area contributed by atoms with Crippen molar-refractivity contribution >= 4 is 27.7 Å². The van der Waals surface area contributed by atoms with E-state index >= 15 is 0 Å². The average Bonchev–Trinajstić information content (AvgIpc) is 2.63. The number of pyridine rings is 1. The Balaban J connectivity index is 2.40. The lowest BCUT2D eigenvalue weighted by atomic mass is 10.00. The normalized spacial score (nSPS) is 21.3. The molecule has 1 aromatic heterocycles. The molecule has 1 aliphatic heterocycles. The fraction of sp³-hybridized carbons (Fsp3) is 0.611. The number of hydrogen-bond acceptors (Lipinski definition) is 5. The van der Waals surface area contributed by atoms with Gasteiger partial charge in [-0.05, 0) is 28.9 Å². The van der Waals surface area contributed by atoms with Crippen molar-refractivity contribution in [3.63, 3.8) is 0 Å². The van der Waals surface area contributed by atoms with E-state index in [-0.39, 0.29) is 42.4 Å². The largest absolute Gasteiger partial charge is 0.472 e. The maximum absolute atomic E-state index is 13.0. The molecule has 7 nitrogen and oxygen atoms in total. The second-order valence-electron chi connectivity index (χ2n) is 6.76. The first-order valence-electron chi connectivity index (χ1n) is 8.76. The SMILES string of the molecule is CCC(=O)N(C)C[C@@H]1Oc2ncc(Br)cc2C(=O)N([C@@H](C)CO)C[C@H]1C. The second-order valence-corrected chi connectivity index (χ2v) is 7.67. The van der Waals surface area contributed by atoms with Gasteiger partial charge in [0.15, 0.2) is 0 Å². The number of amides is 2. The molecule has 0 aliphatic carbocycles. The fourth-order valence-corrected chi connectivity index (χ4v) is 3.27. The van der Waals surface area contributed by atoms with E-state index in [0.29, 0.717) is 29.5 Å². The van der Waals surface area contributed by atoms with E-state index in [9.17, 15) is 14.7 Å². The van der Waals surface area contributed by atoms with Gasteiger partial charge in [0.25, 0.3) is 5.91 Å². The van der Waals surface area contributed by atoms with Gasteiger partial charge >= 0.3 is 0 Å². The number of fused-ring (bicyclic) bond motifs is 1. The molecule has 0 fully saturated rings. The zero-order valence-electron chi connectivity index (χ0n) is 15.6. The minimum atomic E-state index is -0.328. The first kappa shape index (κ1) is 20.6. The van der Waals surface area contributed by atoms with E-state index in [4.69, 9.17) is 4.74 Å². The molecule has 0 saturated carbocycles. The van der Waals surface area contributed by atoms with Crippen LogP contribution in [0.1, 0.15) is 37.6 Å². The quantitative estimate of drug-likeness (QED) is 0.775. The van der Waals surface area contributed by atoms with Crippen molar-refractivity contribution in [2.24, 2.45) is 5.92 Å². The lowest BCUT2D eigenvalue weighted by Gasteiger charge is -2.37. The zero-order chi connectivity index (χ0) is 19.4. The van der Waals surface area contributed by atoms with Crippen LogP contribution in [0.15, 0.2) is 16.7 Å². The van der Waals surface area contributed by atoms with E-state index < -0.39 is 0 Å². The van der Waals surface area contributed by atoms with Gasteiger partial charge < -0.3 is 19.6 Å². The van der Waals surface area contributed by atoms with Crippen molar-refractivity contribution in [3.05, 3.63) is 22.3 Å². The second kappa shape index (κ2) is 8.81. The summed E-state index contributed by atoms with van der Waals surface area (Å²) in [7, 11) is 1.75. The lowest BCUT2D eigenvalue weighted by molar-refractivity contribution is -0.131. The van der Waals surface area contributed by atoms with Gasteiger partial charge in [-0.2, -0.15) is 0 Å². The maximum Gasteiger partial charge on any atom is 0.259 e. The maximum atomic E-state index is 13.0. The van der Waals surface area contributed by atoms with E-state index in [1.54, 1.807) is 36.0 Å². The molecule has 2 amide bonds. The van der Waals surface area contributed by atoms with Crippen molar-refractivity contribution in [2.45, 2.75) is 39.3 Å². The van der Waals surface area contributed by atoms with Crippen LogP contribution >= 0.6 is 15.9 Å². The highest BCUT2D eigenvalue weighted by atomic mass is 79.9. The Labute approximate surface area is 162 Å². The third-order valence-electron chi connectivity index (χ3n) is 4.67. The van der Waals surface area contributed by atoms with E-state index in [2.05, 4.69) is 20.9 Å². The van der Waals surface area contributed by atoms with Gasteiger partial charge in [0, 0.05) is 36.6 Å². The van der Waals surface area contributed by atoms with Crippen molar-refractivity contribution in [2.75, 3.05) is 26.7 Å².